The van der Waals surface area contributed by atoms with Crippen LogP contribution in [0.3, 0.4) is 0 Å². The molecule has 0 fully saturated rings. The van der Waals surface area contributed by atoms with Gasteiger partial charge in [0.05, 0.1) is 17.6 Å². The van der Waals surface area contributed by atoms with E-state index < -0.39 is 9.84 Å². The summed E-state index contributed by atoms with van der Waals surface area (Å²) < 4.78 is 28.7. The summed E-state index contributed by atoms with van der Waals surface area (Å²) in [6, 6.07) is 6.94. The summed E-state index contributed by atoms with van der Waals surface area (Å²) in [4.78, 5) is 6.86. The van der Waals surface area contributed by atoms with Crippen LogP contribution in [0, 0.1) is 0 Å². The molecule has 2 aromatic heterocycles. The van der Waals surface area contributed by atoms with Crippen LogP contribution in [0.2, 0.25) is 0 Å². The van der Waals surface area contributed by atoms with E-state index in [1.165, 1.54) is 17.1 Å². The van der Waals surface area contributed by atoms with Gasteiger partial charge in [-0.25, -0.2) is 13.4 Å². The van der Waals surface area contributed by atoms with E-state index in [0.717, 1.165) is 18.1 Å². The van der Waals surface area contributed by atoms with Crippen LogP contribution in [-0.4, -0.2) is 27.7 Å². The molecule has 1 aromatic carbocycles. The summed E-state index contributed by atoms with van der Waals surface area (Å²) in [6.45, 7) is 1.44. The lowest BCUT2D eigenvalue weighted by Gasteiger charge is -2.23. The normalized spacial score (nSPS) is 13.9. The average Bonchev–Trinajstić information content (AvgIpc) is 3.25. The lowest BCUT2D eigenvalue weighted by molar-refractivity contribution is 0.596. The summed E-state index contributed by atoms with van der Waals surface area (Å²) in [5.41, 5.74) is 1.01. The summed E-state index contributed by atoms with van der Waals surface area (Å²) in [5.74, 6) is 0.884. The minimum atomic E-state index is -3.54. The van der Waals surface area contributed by atoms with Crippen LogP contribution < -0.4 is 4.90 Å². The lowest BCUT2D eigenvalue weighted by atomic mass is 10.2. The Morgan fingerprint density at radius 1 is 1.16 bits per heavy atom. The zero-order chi connectivity index (χ0) is 17.4. The molecule has 1 aliphatic rings. The molecule has 0 radical (unpaired) electrons. The molecule has 1 aliphatic heterocycles. The molecule has 0 saturated heterocycles. The predicted octanol–water partition coefficient (Wildman–Crippen LogP) is 1.98. The maximum Gasteiger partial charge on any atom is 0.210 e. The van der Waals surface area contributed by atoms with E-state index in [1.54, 1.807) is 25.4 Å². The summed E-state index contributed by atoms with van der Waals surface area (Å²) in [7, 11) is -1.84. The molecule has 3 heterocycles. The molecule has 0 bridgehead atoms. The molecule has 128 valence electrons. The number of hydrogen-bond acceptors (Lipinski definition) is 5. The Hall–Kier alpha value is -2.87. The number of imidazole rings is 1. The first-order valence-electron chi connectivity index (χ1n) is 7.81. The molecule has 25 heavy (non-hydrogen) atoms. The predicted molar refractivity (Wildman–Crippen MR) is 92.7 cm³/mol. The molecule has 3 aromatic rings. The van der Waals surface area contributed by atoms with E-state index in [0.29, 0.717) is 6.54 Å². The SMILES string of the molecule is Cn1cc(S(=O)(=O)c2ccc(CN3C=CCn4ccnc43)cc2)cn1. The molecular formula is C17H17N5O2S. The number of nitrogens with zero attached hydrogens (tertiary/aromatic N) is 5. The van der Waals surface area contributed by atoms with E-state index in [9.17, 15) is 8.42 Å². The number of anilines is 1. The molecule has 0 unspecified atom stereocenters. The van der Waals surface area contributed by atoms with E-state index in [4.69, 9.17) is 0 Å². The van der Waals surface area contributed by atoms with Gasteiger partial charge in [-0.05, 0) is 23.8 Å². The van der Waals surface area contributed by atoms with Gasteiger partial charge in [0.1, 0.15) is 4.90 Å². The summed E-state index contributed by atoms with van der Waals surface area (Å²) >= 11 is 0. The fourth-order valence-electron chi connectivity index (χ4n) is 2.83. The second-order valence-electron chi connectivity index (χ2n) is 5.89. The van der Waals surface area contributed by atoms with Crippen LogP contribution in [0.25, 0.3) is 0 Å². The van der Waals surface area contributed by atoms with Crippen molar-refractivity contribution in [2.45, 2.75) is 22.9 Å². The van der Waals surface area contributed by atoms with Gasteiger partial charge in [-0.1, -0.05) is 12.1 Å². The van der Waals surface area contributed by atoms with Crippen molar-refractivity contribution in [1.82, 2.24) is 19.3 Å². The zero-order valence-corrected chi connectivity index (χ0v) is 14.5. The van der Waals surface area contributed by atoms with Crippen molar-refractivity contribution in [1.29, 1.82) is 0 Å². The molecule has 0 spiro atoms. The van der Waals surface area contributed by atoms with Crippen molar-refractivity contribution in [2.75, 3.05) is 4.90 Å². The van der Waals surface area contributed by atoms with Crippen LogP contribution in [0.5, 0.6) is 0 Å². The molecule has 4 rings (SSSR count). The third-order valence-electron chi connectivity index (χ3n) is 4.12. The average molecular weight is 355 g/mol. The summed E-state index contributed by atoms with van der Waals surface area (Å²) in [6.07, 6.45) is 10.6. The number of benzene rings is 1. The second-order valence-corrected chi connectivity index (χ2v) is 7.84. The Morgan fingerprint density at radius 2 is 1.96 bits per heavy atom. The fraction of sp³-hybridized carbons (Fsp3) is 0.176. The lowest BCUT2D eigenvalue weighted by Crippen LogP contribution is -2.22. The van der Waals surface area contributed by atoms with E-state index in [-0.39, 0.29) is 9.79 Å². The largest absolute Gasteiger partial charge is 0.314 e. The number of allylic oxidation sites excluding steroid dienone is 1. The van der Waals surface area contributed by atoms with E-state index in [1.807, 2.05) is 29.4 Å². The van der Waals surface area contributed by atoms with Gasteiger partial charge < -0.3 is 9.47 Å². The molecule has 0 aliphatic carbocycles. The summed E-state index contributed by atoms with van der Waals surface area (Å²) in [5, 5.41) is 3.93. The van der Waals surface area contributed by atoms with Gasteiger partial charge in [0, 0.05) is 38.4 Å². The number of aromatic nitrogens is 4. The number of hydrogen-bond donors (Lipinski definition) is 0. The first kappa shape index (κ1) is 15.6. The van der Waals surface area contributed by atoms with Crippen LogP contribution >= 0.6 is 0 Å². The number of rotatable bonds is 4. The van der Waals surface area contributed by atoms with Gasteiger partial charge in [-0.3, -0.25) is 4.68 Å². The minimum absolute atomic E-state index is 0.198. The molecular weight excluding hydrogens is 338 g/mol. The highest BCUT2D eigenvalue weighted by Crippen LogP contribution is 2.23. The number of aryl methyl sites for hydroxylation is 1. The van der Waals surface area contributed by atoms with Gasteiger partial charge >= 0.3 is 0 Å². The molecule has 0 atom stereocenters. The van der Waals surface area contributed by atoms with Crippen molar-refractivity contribution in [3.8, 4) is 0 Å². The molecule has 8 heteroatoms. The van der Waals surface area contributed by atoms with Crippen molar-refractivity contribution in [3.63, 3.8) is 0 Å². The molecule has 7 nitrogen and oxygen atoms in total. The van der Waals surface area contributed by atoms with E-state index in [2.05, 4.69) is 20.7 Å². The van der Waals surface area contributed by atoms with Gasteiger partial charge in [0.15, 0.2) is 0 Å². The van der Waals surface area contributed by atoms with Gasteiger partial charge in [-0.2, -0.15) is 5.10 Å². The molecule has 0 amide bonds. The van der Waals surface area contributed by atoms with Crippen molar-refractivity contribution in [3.05, 3.63) is 66.9 Å². The van der Waals surface area contributed by atoms with Crippen molar-refractivity contribution < 1.29 is 8.42 Å². The van der Waals surface area contributed by atoms with Gasteiger partial charge in [0.2, 0.25) is 15.8 Å². The van der Waals surface area contributed by atoms with Crippen LogP contribution in [0.15, 0.2) is 71.1 Å². The Balaban J connectivity index is 1.57. The van der Waals surface area contributed by atoms with E-state index >= 15 is 0 Å². The maximum atomic E-state index is 12.6. The minimum Gasteiger partial charge on any atom is -0.314 e. The maximum absolute atomic E-state index is 12.6. The first-order valence-corrected chi connectivity index (χ1v) is 9.29. The second kappa shape index (κ2) is 5.89. The molecule has 0 saturated carbocycles. The molecule has 0 N–H and O–H groups in total. The number of fused-ring (bicyclic) bond motifs is 1. The fourth-order valence-corrected chi connectivity index (χ4v) is 4.07. The van der Waals surface area contributed by atoms with Crippen LogP contribution in [-0.2, 0) is 30.0 Å². The Morgan fingerprint density at radius 3 is 2.68 bits per heavy atom. The third-order valence-corrected chi connectivity index (χ3v) is 5.84. The zero-order valence-electron chi connectivity index (χ0n) is 13.6. The Kier molecular flexibility index (Phi) is 3.69. The van der Waals surface area contributed by atoms with Gasteiger partial charge in [0.25, 0.3) is 0 Å². The monoisotopic (exact) mass is 355 g/mol. The third kappa shape index (κ3) is 2.85. The van der Waals surface area contributed by atoms with Crippen LogP contribution in [0.4, 0.5) is 5.95 Å². The number of sulfone groups is 1. The highest BCUT2D eigenvalue weighted by Gasteiger charge is 2.20. The van der Waals surface area contributed by atoms with Crippen molar-refractivity contribution in [2.24, 2.45) is 7.05 Å². The quantitative estimate of drug-likeness (QED) is 0.715. The topological polar surface area (TPSA) is 73.0 Å². The first-order chi connectivity index (χ1) is 12.0. The van der Waals surface area contributed by atoms with Gasteiger partial charge in [-0.15, -0.1) is 0 Å². The smallest absolute Gasteiger partial charge is 0.210 e. The standard InChI is InChI=1S/C17H17N5O2S/c1-20-13-16(11-19-20)25(23,24)15-5-3-14(4-6-15)12-22-9-2-8-21-10-7-18-17(21)22/h2-7,9-11,13H,8,12H2,1H3. The Labute approximate surface area is 145 Å². The Bertz CT molecular complexity index is 1030. The highest BCUT2D eigenvalue weighted by atomic mass is 32.2. The van der Waals surface area contributed by atoms with Crippen LogP contribution in [0.1, 0.15) is 5.56 Å². The van der Waals surface area contributed by atoms with Crippen molar-refractivity contribution >= 4 is 15.8 Å². The highest BCUT2D eigenvalue weighted by molar-refractivity contribution is 7.91.